The minimum absolute atomic E-state index is 0.294. The van der Waals surface area contributed by atoms with Gasteiger partial charge in [0, 0.05) is 38.1 Å². The lowest BCUT2D eigenvalue weighted by molar-refractivity contribution is -0.138. The lowest BCUT2D eigenvalue weighted by Gasteiger charge is -2.36. The Balaban J connectivity index is 1.80. The van der Waals surface area contributed by atoms with Gasteiger partial charge in [0.2, 0.25) is 5.91 Å². The second kappa shape index (κ2) is 5.83. The van der Waals surface area contributed by atoms with E-state index in [9.17, 15) is 4.79 Å². The van der Waals surface area contributed by atoms with Crippen LogP contribution in [0.15, 0.2) is 0 Å². The van der Waals surface area contributed by atoms with E-state index in [-0.39, 0.29) is 0 Å². The lowest BCUT2D eigenvalue weighted by atomic mass is 9.85. The summed E-state index contributed by atoms with van der Waals surface area (Å²) in [4.78, 5) is 16.7. The predicted molar refractivity (Wildman–Crippen MR) is 68.9 cm³/mol. The second-order valence-electron chi connectivity index (χ2n) is 5.47. The van der Waals surface area contributed by atoms with E-state index in [4.69, 9.17) is 0 Å². The van der Waals surface area contributed by atoms with Crippen molar-refractivity contribution in [3.63, 3.8) is 0 Å². The van der Waals surface area contributed by atoms with Crippen LogP contribution in [0.25, 0.3) is 0 Å². The van der Waals surface area contributed by atoms with Gasteiger partial charge in [-0.2, -0.15) is 0 Å². The molecule has 1 aliphatic heterocycles. The molecule has 1 heterocycles. The quantitative estimate of drug-likeness (QED) is 0.764. The smallest absolute Gasteiger partial charge is 0.225 e. The molecule has 1 saturated heterocycles. The van der Waals surface area contributed by atoms with Crippen molar-refractivity contribution in [1.82, 2.24) is 15.1 Å². The normalized spacial score (nSPS) is 31.5. The standard InChI is InChI=1S/C13H25N3O/c1-14-12-5-3-11(4-6-12)13(17)16-9-7-15(2)8-10-16/h11-12,14H,3-10H2,1-2H3. The van der Waals surface area contributed by atoms with Crippen molar-refractivity contribution in [2.75, 3.05) is 40.3 Å². The zero-order chi connectivity index (χ0) is 12.3. The molecule has 1 saturated carbocycles. The number of carbonyl (C=O) groups excluding carboxylic acids is 1. The van der Waals surface area contributed by atoms with Gasteiger partial charge < -0.3 is 15.1 Å². The molecule has 1 N–H and O–H groups in total. The summed E-state index contributed by atoms with van der Waals surface area (Å²) < 4.78 is 0. The van der Waals surface area contributed by atoms with E-state index in [1.165, 1.54) is 0 Å². The van der Waals surface area contributed by atoms with E-state index in [2.05, 4.69) is 22.2 Å². The minimum Gasteiger partial charge on any atom is -0.340 e. The molecular formula is C13H25N3O. The third kappa shape index (κ3) is 3.19. The Morgan fingerprint density at radius 1 is 1.06 bits per heavy atom. The highest BCUT2D eigenvalue weighted by Crippen LogP contribution is 2.26. The van der Waals surface area contributed by atoms with Crippen LogP contribution in [0.4, 0.5) is 0 Å². The van der Waals surface area contributed by atoms with Crippen LogP contribution in [0, 0.1) is 5.92 Å². The highest BCUT2D eigenvalue weighted by Gasteiger charge is 2.29. The Morgan fingerprint density at radius 2 is 1.65 bits per heavy atom. The van der Waals surface area contributed by atoms with Crippen molar-refractivity contribution in [2.45, 2.75) is 31.7 Å². The first-order valence-corrected chi connectivity index (χ1v) is 6.85. The predicted octanol–water partition coefficient (Wildman–Crippen LogP) is 0.539. The molecule has 0 unspecified atom stereocenters. The van der Waals surface area contributed by atoms with Gasteiger partial charge in [-0.05, 0) is 39.8 Å². The Bertz CT molecular complexity index is 253. The number of hydrogen-bond acceptors (Lipinski definition) is 3. The Kier molecular flexibility index (Phi) is 4.40. The van der Waals surface area contributed by atoms with E-state index in [0.29, 0.717) is 17.9 Å². The molecular weight excluding hydrogens is 214 g/mol. The SMILES string of the molecule is CNC1CCC(C(=O)N2CCN(C)CC2)CC1. The lowest BCUT2D eigenvalue weighted by Crippen LogP contribution is -2.49. The van der Waals surface area contributed by atoms with Crippen LogP contribution in [0.3, 0.4) is 0 Å². The van der Waals surface area contributed by atoms with E-state index in [1.54, 1.807) is 0 Å². The topological polar surface area (TPSA) is 35.6 Å². The summed E-state index contributed by atoms with van der Waals surface area (Å²) in [6.45, 7) is 3.89. The largest absolute Gasteiger partial charge is 0.340 e. The number of nitrogens with zero attached hydrogens (tertiary/aromatic N) is 2. The van der Waals surface area contributed by atoms with Crippen LogP contribution in [0.5, 0.6) is 0 Å². The van der Waals surface area contributed by atoms with Crippen molar-refractivity contribution in [2.24, 2.45) is 5.92 Å². The summed E-state index contributed by atoms with van der Waals surface area (Å²) >= 11 is 0. The zero-order valence-corrected chi connectivity index (χ0v) is 11.1. The van der Waals surface area contributed by atoms with E-state index in [0.717, 1.165) is 51.9 Å². The van der Waals surface area contributed by atoms with Gasteiger partial charge in [0.1, 0.15) is 0 Å². The molecule has 2 fully saturated rings. The highest BCUT2D eigenvalue weighted by atomic mass is 16.2. The number of likely N-dealkylation sites (N-methyl/N-ethyl adjacent to an activating group) is 1. The maximum atomic E-state index is 12.3. The first-order chi connectivity index (χ1) is 8.20. The van der Waals surface area contributed by atoms with Crippen LogP contribution in [0.1, 0.15) is 25.7 Å². The van der Waals surface area contributed by atoms with Gasteiger partial charge in [-0.25, -0.2) is 0 Å². The first kappa shape index (κ1) is 12.8. The van der Waals surface area contributed by atoms with Crippen LogP contribution >= 0.6 is 0 Å². The number of carbonyl (C=O) groups is 1. The number of amides is 1. The fourth-order valence-corrected chi connectivity index (χ4v) is 2.91. The fraction of sp³-hybridized carbons (Fsp3) is 0.923. The van der Waals surface area contributed by atoms with Crippen molar-refractivity contribution < 1.29 is 4.79 Å². The Labute approximate surface area is 104 Å². The average Bonchev–Trinajstić information content (AvgIpc) is 2.39. The summed E-state index contributed by atoms with van der Waals surface area (Å²) in [6.07, 6.45) is 4.44. The van der Waals surface area contributed by atoms with Gasteiger partial charge in [0.15, 0.2) is 0 Å². The van der Waals surface area contributed by atoms with E-state index >= 15 is 0 Å². The molecule has 98 valence electrons. The third-order valence-electron chi connectivity index (χ3n) is 4.30. The van der Waals surface area contributed by atoms with Crippen LogP contribution in [0.2, 0.25) is 0 Å². The molecule has 0 atom stereocenters. The molecule has 0 bridgehead atoms. The van der Waals surface area contributed by atoms with E-state index in [1.807, 2.05) is 7.05 Å². The number of hydrogen-bond donors (Lipinski definition) is 1. The maximum Gasteiger partial charge on any atom is 0.225 e. The second-order valence-corrected chi connectivity index (χ2v) is 5.47. The van der Waals surface area contributed by atoms with Crippen LogP contribution in [-0.4, -0.2) is 62.0 Å². The summed E-state index contributed by atoms with van der Waals surface area (Å²) in [5.41, 5.74) is 0. The highest BCUT2D eigenvalue weighted by molar-refractivity contribution is 5.79. The Morgan fingerprint density at radius 3 is 2.18 bits per heavy atom. The van der Waals surface area contributed by atoms with Crippen LogP contribution in [-0.2, 0) is 4.79 Å². The average molecular weight is 239 g/mol. The van der Waals surface area contributed by atoms with Gasteiger partial charge in [-0.1, -0.05) is 0 Å². The molecule has 1 amide bonds. The molecule has 4 heteroatoms. The minimum atomic E-state index is 0.294. The molecule has 17 heavy (non-hydrogen) atoms. The van der Waals surface area contributed by atoms with Gasteiger partial charge in [-0.3, -0.25) is 4.79 Å². The van der Waals surface area contributed by atoms with Gasteiger partial charge in [0.25, 0.3) is 0 Å². The summed E-state index contributed by atoms with van der Waals surface area (Å²) in [5, 5.41) is 3.32. The fourth-order valence-electron chi connectivity index (χ4n) is 2.91. The molecule has 0 aromatic heterocycles. The van der Waals surface area contributed by atoms with Crippen molar-refractivity contribution in [3.8, 4) is 0 Å². The third-order valence-corrected chi connectivity index (χ3v) is 4.30. The molecule has 0 aromatic rings. The molecule has 0 aromatic carbocycles. The van der Waals surface area contributed by atoms with Crippen molar-refractivity contribution in [1.29, 1.82) is 0 Å². The monoisotopic (exact) mass is 239 g/mol. The van der Waals surface area contributed by atoms with Crippen molar-refractivity contribution >= 4 is 5.91 Å². The van der Waals surface area contributed by atoms with Gasteiger partial charge >= 0.3 is 0 Å². The molecule has 2 rings (SSSR count). The maximum absolute atomic E-state index is 12.3. The molecule has 1 aliphatic carbocycles. The van der Waals surface area contributed by atoms with Gasteiger partial charge in [-0.15, -0.1) is 0 Å². The summed E-state index contributed by atoms with van der Waals surface area (Å²) in [7, 11) is 4.15. The zero-order valence-electron chi connectivity index (χ0n) is 11.1. The van der Waals surface area contributed by atoms with Crippen molar-refractivity contribution in [3.05, 3.63) is 0 Å². The molecule has 0 radical (unpaired) electrons. The molecule has 4 nitrogen and oxygen atoms in total. The van der Waals surface area contributed by atoms with Crippen LogP contribution < -0.4 is 5.32 Å². The molecule has 0 spiro atoms. The summed E-state index contributed by atoms with van der Waals surface area (Å²) in [6, 6.07) is 0.631. The molecule has 2 aliphatic rings. The number of piperazine rings is 1. The first-order valence-electron chi connectivity index (χ1n) is 6.85. The van der Waals surface area contributed by atoms with E-state index < -0.39 is 0 Å². The van der Waals surface area contributed by atoms with Gasteiger partial charge in [0.05, 0.1) is 0 Å². The number of rotatable bonds is 2. The summed E-state index contributed by atoms with van der Waals surface area (Å²) in [5.74, 6) is 0.704. The Hall–Kier alpha value is -0.610. The number of nitrogens with one attached hydrogen (secondary N) is 1.